The molecule has 2 amide bonds. The third-order valence-electron chi connectivity index (χ3n) is 7.55. The van der Waals surface area contributed by atoms with Gasteiger partial charge in [-0.15, -0.1) is 0 Å². The Morgan fingerprint density at radius 1 is 1.18 bits per heavy atom. The molecule has 2 atom stereocenters. The number of nitrogens with zero attached hydrogens (tertiary/aromatic N) is 2. The van der Waals surface area contributed by atoms with Crippen LogP contribution in [-0.2, 0) is 20.7 Å². The molecule has 9 nitrogen and oxygen atoms in total. The molecule has 1 saturated heterocycles. The Morgan fingerprint density at radius 2 is 1.93 bits per heavy atom. The number of halogens is 3. The number of fused-ring (bicyclic) bond motifs is 1. The minimum absolute atomic E-state index is 0.00124. The van der Waals surface area contributed by atoms with Crippen LogP contribution in [-0.4, -0.2) is 64.4 Å². The van der Waals surface area contributed by atoms with Gasteiger partial charge in [-0.25, -0.2) is 8.78 Å². The number of amides is 2. The minimum atomic E-state index is -1.22. The average Bonchev–Trinajstić information content (AvgIpc) is 3.54. The summed E-state index contributed by atoms with van der Waals surface area (Å²) in [5.41, 5.74) is 0.449. The molecule has 0 bridgehead atoms. The van der Waals surface area contributed by atoms with Crippen molar-refractivity contribution in [3.8, 4) is 0 Å². The molecule has 2 heterocycles. The number of carboxylic acid groups (broad SMARTS) is 1. The Kier molecular flexibility index (Phi) is 8.32. The van der Waals surface area contributed by atoms with Crippen molar-refractivity contribution in [3.63, 3.8) is 0 Å². The van der Waals surface area contributed by atoms with Gasteiger partial charge in [-0.3, -0.25) is 14.4 Å². The highest BCUT2D eigenvalue weighted by Gasteiger charge is 2.37. The Morgan fingerprint density at radius 3 is 2.67 bits per heavy atom. The highest BCUT2D eigenvalue weighted by molar-refractivity contribution is 6.34. The van der Waals surface area contributed by atoms with Gasteiger partial charge in [0.2, 0.25) is 5.91 Å². The van der Waals surface area contributed by atoms with E-state index in [1.807, 2.05) is 0 Å². The second-order valence-electron chi connectivity index (χ2n) is 10.3. The minimum Gasteiger partial charge on any atom is -0.481 e. The zero-order chi connectivity index (χ0) is 28.4. The van der Waals surface area contributed by atoms with Crippen molar-refractivity contribution in [1.29, 1.82) is 0 Å². The van der Waals surface area contributed by atoms with Gasteiger partial charge in [0, 0.05) is 6.42 Å². The number of para-hydroxylation sites is 1. The van der Waals surface area contributed by atoms with Gasteiger partial charge < -0.3 is 24.6 Å². The molecule has 2 aliphatic rings. The summed E-state index contributed by atoms with van der Waals surface area (Å²) < 4.78 is 40.4. The largest absolute Gasteiger partial charge is 0.481 e. The van der Waals surface area contributed by atoms with E-state index in [1.54, 1.807) is 24.3 Å². The lowest BCUT2D eigenvalue weighted by atomic mass is 9.87. The molecule has 1 aliphatic heterocycles. The van der Waals surface area contributed by atoms with E-state index in [0.717, 1.165) is 6.07 Å². The Labute approximate surface area is 233 Å². The number of rotatable bonds is 8. The van der Waals surface area contributed by atoms with E-state index >= 15 is 4.39 Å². The Balaban J connectivity index is 1.20. The smallest absolute Gasteiger partial charge is 0.306 e. The number of aromatic nitrogens is 1. The fraction of sp³-hybridized carbons (Fsp3) is 0.429. The highest BCUT2D eigenvalue weighted by atomic mass is 35.5. The highest BCUT2D eigenvalue weighted by Crippen LogP contribution is 2.30. The monoisotopic (exact) mass is 575 g/mol. The number of aliphatic carboxylic acids is 1. The molecule has 1 saturated carbocycles. The standard InChI is InChI=1S/C28H28ClF2N3O6/c29-21-9-16(22(31)12-23(21)32-27(36)26-20-3-1-2-4-24(20)40-33-26)10-25(35)34-13-17(30)11-18(34)14-39-19-7-5-15(6-8-19)28(37)38/h1-4,9,12,15,17-19H,5-8,10-11,13-14H2,(H,32,36)(H,37,38)/t15-,17-,18-,19-/m0/s1. The van der Waals surface area contributed by atoms with Crippen molar-refractivity contribution in [3.05, 3.63) is 58.5 Å². The van der Waals surface area contributed by atoms with Crippen LogP contribution in [0.5, 0.6) is 0 Å². The molecular weight excluding hydrogens is 548 g/mol. The molecule has 212 valence electrons. The van der Waals surface area contributed by atoms with E-state index in [-0.39, 0.29) is 60.0 Å². The molecule has 5 rings (SSSR count). The van der Waals surface area contributed by atoms with Gasteiger partial charge in [-0.05, 0) is 55.5 Å². The van der Waals surface area contributed by atoms with Crippen molar-refractivity contribution in [2.45, 2.75) is 56.8 Å². The average molecular weight is 576 g/mol. The number of ether oxygens (including phenoxy) is 1. The number of hydrogen-bond acceptors (Lipinski definition) is 6. The zero-order valence-electron chi connectivity index (χ0n) is 21.4. The molecule has 2 aromatic carbocycles. The SMILES string of the molecule is O=C(Nc1cc(F)c(CC(=O)N2C[C@@H](F)C[C@H]2CO[C@H]2CC[C@H](C(=O)O)CC2)cc1Cl)c1noc2ccccc12. The molecule has 40 heavy (non-hydrogen) atoms. The van der Waals surface area contributed by atoms with Crippen LogP contribution < -0.4 is 5.32 Å². The summed E-state index contributed by atoms with van der Waals surface area (Å²) in [5.74, 6) is -3.04. The fourth-order valence-corrected chi connectivity index (χ4v) is 5.59. The van der Waals surface area contributed by atoms with Gasteiger partial charge in [-0.2, -0.15) is 0 Å². The van der Waals surface area contributed by atoms with Crippen LogP contribution in [0.1, 0.15) is 48.2 Å². The quantitative estimate of drug-likeness (QED) is 0.387. The molecule has 3 aromatic rings. The van der Waals surface area contributed by atoms with Crippen LogP contribution in [0.3, 0.4) is 0 Å². The van der Waals surface area contributed by atoms with E-state index in [1.165, 1.54) is 11.0 Å². The van der Waals surface area contributed by atoms with Crippen LogP contribution in [0.15, 0.2) is 40.9 Å². The number of likely N-dealkylation sites (tertiary alicyclic amines) is 1. The maximum Gasteiger partial charge on any atom is 0.306 e. The number of carbonyl (C=O) groups is 3. The van der Waals surface area contributed by atoms with E-state index in [9.17, 15) is 18.8 Å². The molecule has 12 heteroatoms. The molecule has 0 unspecified atom stereocenters. The summed E-state index contributed by atoms with van der Waals surface area (Å²) in [6, 6.07) is 8.58. The lowest BCUT2D eigenvalue weighted by Gasteiger charge is -2.30. The van der Waals surface area contributed by atoms with Gasteiger partial charge in [0.1, 0.15) is 12.0 Å². The van der Waals surface area contributed by atoms with E-state index in [2.05, 4.69) is 10.5 Å². The van der Waals surface area contributed by atoms with Gasteiger partial charge in [-0.1, -0.05) is 28.9 Å². The topological polar surface area (TPSA) is 122 Å². The first kappa shape index (κ1) is 28.0. The van der Waals surface area contributed by atoms with Crippen molar-refractivity contribution in [2.24, 2.45) is 5.92 Å². The summed E-state index contributed by atoms with van der Waals surface area (Å²) >= 11 is 6.32. The third-order valence-corrected chi connectivity index (χ3v) is 7.86. The Bertz CT molecular complexity index is 1420. The maximum atomic E-state index is 15.0. The number of alkyl halides is 1. The second-order valence-corrected chi connectivity index (χ2v) is 10.7. The normalized spacial score (nSPS) is 22.9. The van der Waals surface area contributed by atoms with Crippen molar-refractivity contribution < 1.29 is 37.5 Å². The van der Waals surface area contributed by atoms with Crippen LogP contribution in [0, 0.1) is 11.7 Å². The molecule has 1 aliphatic carbocycles. The zero-order valence-corrected chi connectivity index (χ0v) is 22.2. The van der Waals surface area contributed by atoms with Gasteiger partial charge >= 0.3 is 5.97 Å². The first-order chi connectivity index (χ1) is 19.2. The summed E-state index contributed by atoms with van der Waals surface area (Å²) in [6.07, 6.45) is 0.628. The molecule has 2 N–H and O–H groups in total. The van der Waals surface area contributed by atoms with Crippen molar-refractivity contribution in [1.82, 2.24) is 10.1 Å². The van der Waals surface area contributed by atoms with E-state index < -0.39 is 35.8 Å². The van der Waals surface area contributed by atoms with E-state index in [4.69, 9.17) is 26.0 Å². The number of nitrogens with one attached hydrogen (secondary N) is 1. The number of hydrogen-bond donors (Lipinski definition) is 2. The lowest BCUT2D eigenvalue weighted by molar-refractivity contribution is -0.144. The predicted octanol–water partition coefficient (Wildman–Crippen LogP) is 5.01. The lowest BCUT2D eigenvalue weighted by Crippen LogP contribution is -2.40. The summed E-state index contributed by atoms with van der Waals surface area (Å²) in [6.45, 7) is 0.00721. The molecule has 1 aromatic heterocycles. The van der Waals surface area contributed by atoms with E-state index in [0.29, 0.717) is 36.7 Å². The number of carboxylic acids is 1. The third kappa shape index (κ3) is 6.10. The van der Waals surface area contributed by atoms with Gasteiger partial charge in [0.25, 0.3) is 5.91 Å². The molecule has 0 radical (unpaired) electrons. The summed E-state index contributed by atoms with van der Waals surface area (Å²) in [7, 11) is 0. The molecular formula is C28H28ClF2N3O6. The molecule has 2 fully saturated rings. The first-order valence-electron chi connectivity index (χ1n) is 13.1. The number of anilines is 1. The summed E-state index contributed by atoms with van der Waals surface area (Å²) in [4.78, 5) is 38.3. The van der Waals surface area contributed by atoms with Crippen LogP contribution in [0.2, 0.25) is 5.02 Å². The molecule has 0 spiro atoms. The fourth-order valence-electron chi connectivity index (χ4n) is 5.36. The second kappa shape index (κ2) is 11.9. The Hall–Kier alpha value is -3.57. The van der Waals surface area contributed by atoms with Crippen LogP contribution >= 0.6 is 11.6 Å². The first-order valence-corrected chi connectivity index (χ1v) is 13.5. The number of carbonyl (C=O) groups excluding carboxylic acids is 2. The van der Waals surface area contributed by atoms with Crippen molar-refractivity contribution >= 4 is 46.0 Å². The number of benzene rings is 2. The van der Waals surface area contributed by atoms with Crippen LogP contribution in [0.4, 0.5) is 14.5 Å². The van der Waals surface area contributed by atoms with Gasteiger partial charge in [0.05, 0.1) is 53.7 Å². The van der Waals surface area contributed by atoms with Crippen LogP contribution in [0.25, 0.3) is 11.0 Å². The van der Waals surface area contributed by atoms with Crippen molar-refractivity contribution in [2.75, 3.05) is 18.5 Å². The maximum absolute atomic E-state index is 15.0. The predicted molar refractivity (Wildman–Crippen MR) is 141 cm³/mol. The van der Waals surface area contributed by atoms with Gasteiger partial charge in [0.15, 0.2) is 11.3 Å². The summed E-state index contributed by atoms with van der Waals surface area (Å²) in [5, 5.41) is 16.0.